The Morgan fingerprint density at radius 2 is 1.97 bits per heavy atom. The number of halogens is 2. The van der Waals surface area contributed by atoms with Crippen molar-refractivity contribution in [2.45, 2.75) is 25.7 Å². The molecule has 3 aromatic rings. The van der Waals surface area contributed by atoms with Gasteiger partial charge < -0.3 is 4.90 Å². The van der Waals surface area contributed by atoms with Gasteiger partial charge in [-0.15, -0.1) is 10.2 Å². The molecule has 1 aliphatic heterocycles. The molecule has 1 atom stereocenters. The molecule has 4 rings (SSSR count). The minimum absolute atomic E-state index is 0.0516. The highest BCUT2D eigenvalue weighted by Gasteiger charge is 2.34. The Morgan fingerprint density at radius 3 is 2.70 bits per heavy atom. The molecule has 0 saturated carbocycles. The van der Waals surface area contributed by atoms with Crippen LogP contribution in [0.2, 0.25) is 10.0 Å². The largest absolute Gasteiger partial charge is 0.312 e. The van der Waals surface area contributed by atoms with Gasteiger partial charge in [0.2, 0.25) is 11.0 Å². The summed E-state index contributed by atoms with van der Waals surface area (Å²) >= 11 is 13.3. The lowest BCUT2D eigenvalue weighted by molar-refractivity contribution is -0.117. The van der Waals surface area contributed by atoms with Gasteiger partial charge in [-0.05, 0) is 42.3 Å². The molecule has 9 heteroatoms. The van der Waals surface area contributed by atoms with Crippen molar-refractivity contribution in [2.24, 2.45) is 0 Å². The number of rotatable bonds is 5. The highest BCUT2D eigenvalue weighted by atomic mass is 35.5. The number of aromatic nitrogens is 2. The molecule has 1 aliphatic rings. The Hall–Kier alpha value is -2.48. The fraction of sp³-hybridized carbons (Fsp3) is 0.238. The zero-order chi connectivity index (χ0) is 21.3. The Kier molecular flexibility index (Phi) is 6.04. The van der Waals surface area contributed by atoms with Crippen LogP contribution in [-0.2, 0) is 11.2 Å². The number of hydrogen-bond donors (Lipinski definition) is 1. The van der Waals surface area contributed by atoms with E-state index in [-0.39, 0.29) is 17.4 Å². The Balaban J connectivity index is 1.45. The molecule has 1 fully saturated rings. The van der Waals surface area contributed by atoms with Gasteiger partial charge in [-0.1, -0.05) is 53.6 Å². The smallest absolute Gasteiger partial charge is 0.259 e. The van der Waals surface area contributed by atoms with Gasteiger partial charge in [0.15, 0.2) is 0 Å². The summed E-state index contributed by atoms with van der Waals surface area (Å²) in [6, 6.07) is 12.7. The van der Waals surface area contributed by atoms with Crippen molar-refractivity contribution in [2.75, 3.05) is 16.8 Å². The standard InChI is InChI=1S/C21H18Cl2N4O2S/c1-2-12-3-6-15(7-4-12)27-11-13(9-18(27)28)20-25-26-21(30-20)24-19(29)16-10-14(22)5-8-17(16)23/h3-8,10,13H,2,9,11H2,1H3,(H,24,26,29). The predicted octanol–water partition coefficient (Wildman–Crippen LogP) is 5.18. The fourth-order valence-electron chi connectivity index (χ4n) is 3.32. The van der Waals surface area contributed by atoms with Crippen molar-refractivity contribution < 1.29 is 9.59 Å². The first kappa shape index (κ1) is 20.8. The number of anilines is 2. The lowest BCUT2D eigenvalue weighted by Crippen LogP contribution is -2.24. The third-order valence-electron chi connectivity index (χ3n) is 4.96. The van der Waals surface area contributed by atoms with Crippen molar-refractivity contribution in [3.8, 4) is 0 Å². The topological polar surface area (TPSA) is 75.2 Å². The molecule has 1 N–H and O–H groups in total. The van der Waals surface area contributed by atoms with Crippen LogP contribution in [0.3, 0.4) is 0 Å². The summed E-state index contributed by atoms with van der Waals surface area (Å²) in [5.41, 5.74) is 2.37. The number of aryl methyl sites for hydroxylation is 1. The molecule has 1 unspecified atom stereocenters. The first-order valence-electron chi connectivity index (χ1n) is 9.43. The number of nitrogens with one attached hydrogen (secondary N) is 1. The summed E-state index contributed by atoms with van der Waals surface area (Å²) in [5, 5.41) is 12.7. The molecule has 2 heterocycles. The molecule has 2 amide bonds. The van der Waals surface area contributed by atoms with E-state index in [2.05, 4.69) is 22.4 Å². The van der Waals surface area contributed by atoms with Crippen LogP contribution >= 0.6 is 34.5 Å². The zero-order valence-corrected chi connectivity index (χ0v) is 18.4. The maximum Gasteiger partial charge on any atom is 0.259 e. The average molecular weight is 461 g/mol. The SMILES string of the molecule is CCc1ccc(N2CC(c3nnc(NC(=O)c4cc(Cl)ccc4Cl)s3)CC2=O)cc1. The summed E-state index contributed by atoms with van der Waals surface area (Å²) in [5.74, 6) is -0.428. The van der Waals surface area contributed by atoms with Crippen molar-refractivity contribution in [1.82, 2.24) is 10.2 Å². The molecule has 0 aliphatic carbocycles. The molecule has 2 aromatic carbocycles. The lowest BCUT2D eigenvalue weighted by Gasteiger charge is -2.16. The van der Waals surface area contributed by atoms with E-state index in [1.54, 1.807) is 17.0 Å². The minimum Gasteiger partial charge on any atom is -0.312 e. The summed E-state index contributed by atoms with van der Waals surface area (Å²) in [4.78, 5) is 26.8. The van der Waals surface area contributed by atoms with E-state index in [4.69, 9.17) is 23.2 Å². The van der Waals surface area contributed by atoms with Crippen LogP contribution in [0.25, 0.3) is 0 Å². The van der Waals surface area contributed by atoms with Crippen LogP contribution in [0, 0.1) is 0 Å². The minimum atomic E-state index is -0.412. The van der Waals surface area contributed by atoms with Crippen LogP contribution < -0.4 is 10.2 Å². The molecular formula is C21H18Cl2N4O2S. The van der Waals surface area contributed by atoms with Crippen molar-refractivity contribution in [1.29, 1.82) is 0 Å². The Bertz CT molecular complexity index is 1100. The number of amides is 2. The molecule has 154 valence electrons. The van der Waals surface area contributed by atoms with E-state index in [9.17, 15) is 9.59 Å². The monoisotopic (exact) mass is 460 g/mol. The summed E-state index contributed by atoms with van der Waals surface area (Å²) in [6.45, 7) is 2.63. The van der Waals surface area contributed by atoms with Crippen LogP contribution in [0.15, 0.2) is 42.5 Å². The number of hydrogen-bond acceptors (Lipinski definition) is 5. The van der Waals surface area contributed by atoms with Crippen LogP contribution in [0.5, 0.6) is 0 Å². The van der Waals surface area contributed by atoms with E-state index in [1.807, 2.05) is 24.3 Å². The van der Waals surface area contributed by atoms with Crippen molar-refractivity contribution >= 4 is 57.2 Å². The highest BCUT2D eigenvalue weighted by molar-refractivity contribution is 7.15. The molecule has 1 saturated heterocycles. The van der Waals surface area contributed by atoms with Gasteiger partial charge in [0.25, 0.3) is 5.91 Å². The Labute approximate surface area is 187 Å². The first-order valence-corrected chi connectivity index (χ1v) is 11.0. The number of nitrogens with zero attached hydrogens (tertiary/aromatic N) is 3. The van der Waals surface area contributed by atoms with Gasteiger partial charge in [0.05, 0.1) is 10.6 Å². The highest BCUT2D eigenvalue weighted by Crippen LogP contribution is 2.34. The second-order valence-corrected chi connectivity index (χ2v) is 8.80. The van der Waals surface area contributed by atoms with Crippen LogP contribution in [0.4, 0.5) is 10.8 Å². The number of carbonyl (C=O) groups excluding carboxylic acids is 2. The van der Waals surface area contributed by atoms with Gasteiger partial charge in [-0.2, -0.15) is 0 Å². The molecule has 0 bridgehead atoms. The normalized spacial score (nSPS) is 16.2. The third-order valence-corrected chi connectivity index (χ3v) is 6.53. The first-order chi connectivity index (χ1) is 14.4. The van der Waals surface area contributed by atoms with E-state index in [1.165, 1.54) is 23.0 Å². The molecule has 0 spiro atoms. The van der Waals surface area contributed by atoms with Gasteiger partial charge >= 0.3 is 0 Å². The Morgan fingerprint density at radius 1 is 1.20 bits per heavy atom. The molecule has 1 aromatic heterocycles. The predicted molar refractivity (Wildman–Crippen MR) is 120 cm³/mol. The quantitative estimate of drug-likeness (QED) is 0.568. The molecular weight excluding hydrogens is 443 g/mol. The van der Waals surface area contributed by atoms with E-state index in [0.717, 1.165) is 12.1 Å². The summed E-state index contributed by atoms with van der Waals surface area (Å²) < 4.78 is 0. The molecule has 30 heavy (non-hydrogen) atoms. The van der Waals surface area contributed by atoms with Gasteiger partial charge in [0, 0.05) is 29.6 Å². The van der Waals surface area contributed by atoms with Gasteiger partial charge in [-0.3, -0.25) is 14.9 Å². The van der Waals surface area contributed by atoms with E-state index >= 15 is 0 Å². The van der Waals surface area contributed by atoms with Crippen LogP contribution in [0.1, 0.15) is 40.2 Å². The van der Waals surface area contributed by atoms with Crippen molar-refractivity contribution in [3.63, 3.8) is 0 Å². The second-order valence-electron chi connectivity index (χ2n) is 6.95. The molecule has 6 nitrogen and oxygen atoms in total. The number of carbonyl (C=O) groups is 2. The van der Waals surface area contributed by atoms with Crippen molar-refractivity contribution in [3.05, 3.63) is 68.6 Å². The maximum absolute atomic E-state index is 12.5. The summed E-state index contributed by atoms with van der Waals surface area (Å²) in [6.07, 6.45) is 1.31. The zero-order valence-electron chi connectivity index (χ0n) is 16.1. The van der Waals surface area contributed by atoms with Crippen LogP contribution in [-0.4, -0.2) is 28.6 Å². The lowest BCUT2D eigenvalue weighted by atomic mass is 10.1. The second kappa shape index (κ2) is 8.71. The van der Waals surface area contributed by atoms with E-state index < -0.39 is 5.91 Å². The van der Waals surface area contributed by atoms with Gasteiger partial charge in [0.1, 0.15) is 5.01 Å². The molecule has 0 radical (unpaired) electrons. The average Bonchev–Trinajstić information content (AvgIpc) is 3.36. The fourth-order valence-corrected chi connectivity index (χ4v) is 4.53. The number of benzene rings is 2. The maximum atomic E-state index is 12.5. The van der Waals surface area contributed by atoms with Gasteiger partial charge in [-0.25, -0.2) is 0 Å². The third kappa shape index (κ3) is 4.33. The van der Waals surface area contributed by atoms with E-state index in [0.29, 0.717) is 33.2 Å². The summed E-state index contributed by atoms with van der Waals surface area (Å²) in [7, 11) is 0.